The van der Waals surface area contributed by atoms with Crippen molar-refractivity contribution in [3.05, 3.63) is 30.2 Å². The maximum atomic E-state index is 4.53. The molecule has 3 heterocycles. The van der Waals surface area contributed by atoms with Crippen LogP contribution in [0.25, 0.3) is 5.65 Å². The van der Waals surface area contributed by atoms with Gasteiger partial charge in [0, 0.05) is 38.3 Å². The molecule has 0 aliphatic carbocycles. The Balaban J connectivity index is 1.75. The van der Waals surface area contributed by atoms with Crippen molar-refractivity contribution >= 4 is 5.65 Å². The van der Waals surface area contributed by atoms with Gasteiger partial charge in [-0.3, -0.25) is 0 Å². The minimum Gasteiger partial charge on any atom is -0.311 e. The van der Waals surface area contributed by atoms with Crippen LogP contribution in [0.4, 0.5) is 0 Å². The summed E-state index contributed by atoms with van der Waals surface area (Å²) in [5.41, 5.74) is 0.923. The number of nitrogens with one attached hydrogen (secondary N) is 1. The normalized spacial score (nSPS) is 22.1. The lowest BCUT2D eigenvalue weighted by atomic mass is 10.1. The lowest BCUT2D eigenvalue weighted by molar-refractivity contribution is 0.236. The number of hydrogen-bond acceptors (Lipinski definition) is 4. The maximum absolute atomic E-state index is 4.53. The molecule has 2 aromatic heterocycles. The van der Waals surface area contributed by atoms with E-state index >= 15 is 0 Å². The molecule has 3 rings (SSSR count). The molecule has 2 aromatic rings. The Hall–Kier alpha value is -1.46. The largest absolute Gasteiger partial charge is 0.311 e. The van der Waals surface area contributed by atoms with Crippen molar-refractivity contribution in [1.82, 2.24) is 24.8 Å². The van der Waals surface area contributed by atoms with E-state index < -0.39 is 0 Å². The van der Waals surface area contributed by atoms with E-state index in [-0.39, 0.29) is 0 Å². The summed E-state index contributed by atoms with van der Waals surface area (Å²) in [7, 11) is 2.16. The van der Waals surface area contributed by atoms with E-state index in [0.29, 0.717) is 6.04 Å². The zero-order chi connectivity index (χ0) is 11.7. The van der Waals surface area contributed by atoms with Crippen LogP contribution < -0.4 is 5.32 Å². The number of hydrogen-bond donors (Lipinski definition) is 1. The molecule has 1 unspecified atom stereocenters. The van der Waals surface area contributed by atoms with Gasteiger partial charge in [-0.1, -0.05) is 6.07 Å². The maximum Gasteiger partial charge on any atom is 0.155 e. The minimum absolute atomic E-state index is 0.464. The fraction of sp³-hybridized carbons (Fsp3) is 0.500. The van der Waals surface area contributed by atoms with E-state index in [9.17, 15) is 0 Å². The van der Waals surface area contributed by atoms with Gasteiger partial charge in [-0.15, -0.1) is 0 Å². The van der Waals surface area contributed by atoms with E-state index in [0.717, 1.165) is 37.5 Å². The Bertz CT molecular complexity index is 473. The van der Waals surface area contributed by atoms with Gasteiger partial charge in [0.15, 0.2) is 11.5 Å². The van der Waals surface area contributed by atoms with Crippen molar-refractivity contribution < 1.29 is 0 Å². The van der Waals surface area contributed by atoms with Gasteiger partial charge in [0.25, 0.3) is 0 Å². The van der Waals surface area contributed by atoms with E-state index in [1.807, 2.05) is 28.9 Å². The van der Waals surface area contributed by atoms with Crippen LogP contribution in [0.3, 0.4) is 0 Å². The average Bonchev–Trinajstić information content (AvgIpc) is 2.71. The molecule has 0 saturated carbocycles. The summed E-state index contributed by atoms with van der Waals surface area (Å²) < 4.78 is 1.84. The van der Waals surface area contributed by atoms with Gasteiger partial charge in [0.05, 0.1) is 0 Å². The Labute approximate surface area is 100 Å². The highest BCUT2D eigenvalue weighted by atomic mass is 15.3. The molecule has 1 N–H and O–H groups in total. The highest BCUT2D eigenvalue weighted by Gasteiger charge is 2.18. The smallest absolute Gasteiger partial charge is 0.155 e. The summed E-state index contributed by atoms with van der Waals surface area (Å²) in [6, 6.07) is 6.40. The number of fused-ring (bicyclic) bond motifs is 1. The molecule has 17 heavy (non-hydrogen) atoms. The molecule has 0 radical (unpaired) electrons. The van der Waals surface area contributed by atoms with Gasteiger partial charge in [0.1, 0.15) is 0 Å². The molecule has 90 valence electrons. The van der Waals surface area contributed by atoms with Crippen molar-refractivity contribution in [1.29, 1.82) is 0 Å². The summed E-state index contributed by atoms with van der Waals surface area (Å²) >= 11 is 0. The number of likely N-dealkylation sites (N-methyl/N-ethyl adjacent to an activating group) is 1. The predicted octanol–water partition coefficient (Wildman–Crippen LogP) is 0.175. The van der Waals surface area contributed by atoms with Crippen LogP contribution >= 0.6 is 0 Å². The molecule has 1 fully saturated rings. The molecular weight excluding hydrogens is 214 g/mol. The summed E-state index contributed by atoms with van der Waals surface area (Å²) in [6.07, 6.45) is 2.83. The second-order valence-electron chi connectivity index (χ2n) is 4.65. The standard InChI is InChI=1S/C12H17N5/c1-16-7-5-13-10(9-16)8-11-14-12-4-2-3-6-17(12)15-11/h2-4,6,10,13H,5,7-9H2,1H3. The third-order valence-electron chi connectivity index (χ3n) is 3.17. The molecule has 0 amide bonds. The van der Waals surface area contributed by atoms with Crippen molar-refractivity contribution in [2.45, 2.75) is 12.5 Å². The van der Waals surface area contributed by atoms with Crippen molar-refractivity contribution in [3.63, 3.8) is 0 Å². The van der Waals surface area contributed by atoms with Crippen LogP contribution in [0.2, 0.25) is 0 Å². The summed E-state index contributed by atoms with van der Waals surface area (Å²) in [5.74, 6) is 0.920. The first-order chi connectivity index (χ1) is 8.31. The second-order valence-corrected chi connectivity index (χ2v) is 4.65. The van der Waals surface area contributed by atoms with Crippen LogP contribution in [0.5, 0.6) is 0 Å². The monoisotopic (exact) mass is 231 g/mol. The topological polar surface area (TPSA) is 45.5 Å². The molecule has 1 aliphatic rings. The SMILES string of the molecule is CN1CCNC(Cc2nc3ccccn3n2)C1. The van der Waals surface area contributed by atoms with Crippen LogP contribution in [-0.4, -0.2) is 52.2 Å². The van der Waals surface area contributed by atoms with Gasteiger partial charge < -0.3 is 10.2 Å². The van der Waals surface area contributed by atoms with Crippen LogP contribution in [0.15, 0.2) is 24.4 Å². The average molecular weight is 231 g/mol. The lowest BCUT2D eigenvalue weighted by Crippen LogP contribution is -2.50. The molecule has 0 aromatic carbocycles. The third kappa shape index (κ3) is 2.30. The Morgan fingerprint density at radius 1 is 1.47 bits per heavy atom. The number of nitrogens with zero attached hydrogens (tertiary/aromatic N) is 4. The first kappa shape index (κ1) is 10.7. The highest BCUT2D eigenvalue weighted by molar-refractivity contribution is 5.36. The van der Waals surface area contributed by atoms with Crippen molar-refractivity contribution in [2.24, 2.45) is 0 Å². The van der Waals surface area contributed by atoms with E-state index in [1.165, 1.54) is 0 Å². The fourth-order valence-electron chi connectivity index (χ4n) is 2.31. The highest BCUT2D eigenvalue weighted by Crippen LogP contribution is 2.05. The van der Waals surface area contributed by atoms with Gasteiger partial charge in [-0.25, -0.2) is 9.50 Å². The molecule has 5 heteroatoms. The first-order valence-corrected chi connectivity index (χ1v) is 6.03. The Morgan fingerprint density at radius 2 is 2.41 bits per heavy atom. The number of piperazine rings is 1. The molecular formula is C12H17N5. The van der Waals surface area contributed by atoms with E-state index in [4.69, 9.17) is 0 Å². The van der Waals surface area contributed by atoms with Gasteiger partial charge in [-0.2, -0.15) is 5.10 Å². The Morgan fingerprint density at radius 3 is 3.24 bits per heavy atom. The van der Waals surface area contributed by atoms with Crippen molar-refractivity contribution in [3.8, 4) is 0 Å². The Kier molecular flexibility index (Phi) is 2.78. The van der Waals surface area contributed by atoms with Crippen LogP contribution in [-0.2, 0) is 6.42 Å². The predicted molar refractivity (Wildman–Crippen MR) is 66.0 cm³/mol. The summed E-state index contributed by atoms with van der Waals surface area (Å²) in [6.45, 7) is 3.24. The molecule has 1 atom stereocenters. The second kappa shape index (κ2) is 4.43. The molecule has 1 aliphatic heterocycles. The third-order valence-corrected chi connectivity index (χ3v) is 3.17. The molecule has 0 bridgehead atoms. The molecule has 5 nitrogen and oxygen atoms in total. The van der Waals surface area contributed by atoms with Gasteiger partial charge in [-0.05, 0) is 19.2 Å². The number of rotatable bonds is 2. The molecule has 1 saturated heterocycles. The van der Waals surface area contributed by atoms with Crippen molar-refractivity contribution in [2.75, 3.05) is 26.7 Å². The van der Waals surface area contributed by atoms with Gasteiger partial charge in [0.2, 0.25) is 0 Å². The number of aromatic nitrogens is 3. The van der Waals surface area contributed by atoms with Crippen LogP contribution in [0, 0.1) is 0 Å². The van der Waals surface area contributed by atoms with E-state index in [1.54, 1.807) is 0 Å². The number of pyridine rings is 1. The molecule has 0 spiro atoms. The minimum atomic E-state index is 0.464. The zero-order valence-corrected chi connectivity index (χ0v) is 10.0. The lowest BCUT2D eigenvalue weighted by Gasteiger charge is -2.30. The summed E-state index contributed by atoms with van der Waals surface area (Å²) in [5, 5.41) is 7.99. The first-order valence-electron chi connectivity index (χ1n) is 6.03. The fourth-order valence-corrected chi connectivity index (χ4v) is 2.31. The van der Waals surface area contributed by atoms with Gasteiger partial charge >= 0.3 is 0 Å². The zero-order valence-electron chi connectivity index (χ0n) is 10.0. The van der Waals surface area contributed by atoms with Crippen LogP contribution in [0.1, 0.15) is 5.82 Å². The quantitative estimate of drug-likeness (QED) is 0.800. The summed E-state index contributed by atoms with van der Waals surface area (Å²) in [4.78, 5) is 6.87. The van der Waals surface area contributed by atoms with E-state index in [2.05, 4.69) is 27.3 Å².